The molecular formula is C24H21F4N3O3S. The maximum absolute atomic E-state index is 15.1. The number of aromatic nitrogens is 1. The lowest BCUT2D eigenvalue weighted by molar-refractivity contribution is -0.173. The predicted octanol–water partition coefficient (Wildman–Crippen LogP) is 4.30. The first-order valence-corrected chi connectivity index (χ1v) is 11.9. The summed E-state index contributed by atoms with van der Waals surface area (Å²) >= 11 is 1.44. The van der Waals surface area contributed by atoms with Gasteiger partial charge in [-0.3, -0.25) is 19.3 Å². The normalized spacial score (nSPS) is 22.9. The molecule has 5 rings (SSSR count). The molecule has 2 aromatic rings. The molecule has 3 aliphatic rings. The van der Waals surface area contributed by atoms with Gasteiger partial charge < -0.3 is 10.0 Å². The maximum atomic E-state index is 15.1. The predicted molar refractivity (Wildman–Crippen MR) is 123 cm³/mol. The molecule has 1 unspecified atom stereocenters. The molecule has 0 saturated heterocycles. The molecule has 1 aromatic heterocycles. The van der Waals surface area contributed by atoms with E-state index in [1.54, 1.807) is 18.2 Å². The Labute approximate surface area is 202 Å². The Morgan fingerprint density at radius 1 is 1.17 bits per heavy atom. The largest absolute Gasteiger partial charge is 0.502 e. The SMILES string of the molecule is C[C@H](N1CN([C@H]2C3=C(CSc4ccccc42)C(F)CC=C3)n2ccc(=O)c(O)c2C1=O)C(F)(F)F. The van der Waals surface area contributed by atoms with E-state index in [1.165, 1.54) is 27.6 Å². The number of carbonyl (C=O) groups is 1. The summed E-state index contributed by atoms with van der Waals surface area (Å²) in [5, 5.41) is 12.0. The average Bonchev–Trinajstić information content (AvgIpc) is 2.98. The highest BCUT2D eigenvalue weighted by molar-refractivity contribution is 7.99. The Hall–Kier alpha value is -3.21. The summed E-state index contributed by atoms with van der Waals surface area (Å²) in [6.45, 7) is 0.351. The summed E-state index contributed by atoms with van der Waals surface area (Å²) in [5.74, 6) is -1.68. The third kappa shape index (κ3) is 3.81. The number of allylic oxidation sites excluding steroid dienone is 1. The van der Waals surface area contributed by atoms with Crippen LogP contribution >= 0.6 is 11.8 Å². The van der Waals surface area contributed by atoms with Gasteiger partial charge in [0, 0.05) is 29.3 Å². The van der Waals surface area contributed by atoms with E-state index in [1.807, 2.05) is 18.2 Å². The van der Waals surface area contributed by atoms with Crippen molar-refractivity contribution in [3.8, 4) is 5.75 Å². The zero-order valence-electron chi connectivity index (χ0n) is 18.5. The van der Waals surface area contributed by atoms with Gasteiger partial charge in [-0.25, -0.2) is 4.39 Å². The second-order valence-electron chi connectivity index (χ2n) is 8.61. The van der Waals surface area contributed by atoms with E-state index in [0.29, 0.717) is 21.8 Å². The lowest BCUT2D eigenvalue weighted by atomic mass is 9.88. The van der Waals surface area contributed by atoms with Gasteiger partial charge in [0.15, 0.2) is 11.4 Å². The first-order chi connectivity index (χ1) is 16.6. The van der Waals surface area contributed by atoms with E-state index in [2.05, 4.69) is 0 Å². The quantitative estimate of drug-likeness (QED) is 0.615. The fraction of sp³-hybridized carbons (Fsp3) is 0.333. The van der Waals surface area contributed by atoms with Gasteiger partial charge in [-0.1, -0.05) is 30.4 Å². The van der Waals surface area contributed by atoms with Crippen LogP contribution in [0.2, 0.25) is 0 Å². The van der Waals surface area contributed by atoms with Crippen molar-refractivity contribution in [2.45, 2.75) is 42.7 Å². The number of aromatic hydroxyl groups is 1. The molecule has 6 nitrogen and oxygen atoms in total. The fourth-order valence-corrected chi connectivity index (χ4v) is 5.88. The fourth-order valence-electron chi connectivity index (χ4n) is 4.70. The third-order valence-corrected chi connectivity index (χ3v) is 7.75. The number of pyridine rings is 1. The van der Waals surface area contributed by atoms with E-state index in [-0.39, 0.29) is 6.42 Å². The lowest BCUT2D eigenvalue weighted by Gasteiger charge is -2.46. The van der Waals surface area contributed by atoms with Gasteiger partial charge in [0.25, 0.3) is 5.91 Å². The average molecular weight is 508 g/mol. The van der Waals surface area contributed by atoms with E-state index in [0.717, 1.165) is 23.4 Å². The Balaban J connectivity index is 1.77. The van der Waals surface area contributed by atoms with Crippen LogP contribution < -0.4 is 10.4 Å². The van der Waals surface area contributed by atoms with Gasteiger partial charge in [-0.05, 0) is 29.7 Å². The van der Waals surface area contributed by atoms with Crippen LogP contribution in [0.3, 0.4) is 0 Å². The standard InChI is InChI=1S/C24H21F4N3O3S/c1-13(24(26,27)28)29-12-31(30-10-9-18(32)22(33)21(30)23(29)34)20-14-6-4-7-17(25)16(14)11-35-19-8-3-2-5-15(19)20/h2-6,8-10,13,17,20,33H,7,11-12H2,1H3/t13-,17?,20-/m0/s1. The van der Waals surface area contributed by atoms with Crippen molar-refractivity contribution in [3.05, 3.63) is 81.3 Å². The minimum Gasteiger partial charge on any atom is -0.502 e. The number of hydrogen-bond donors (Lipinski definition) is 1. The molecule has 0 spiro atoms. The Kier molecular flexibility index (Phi) is 5.70. The van der Waals surface area contributed by atoms with Crippen LogP contribution in [0, 0.1) is 0 Å². The molecule has 3 atom stereocenters. The monoisotopic (exact) mass is 507 g/mol. The van der Waals surface area contributed by atoms with Crippen molar-refractivity contribution in [2.75, 3.05) is 17.4 Å². The van der Waals surface area contributed by atoms with Gasteiger partial charge in [0.05, 0.1) is 6.04 Å². The molecule has 3 heterocycles. The molecule has 1 N–H and O–H groups in total. The number of rotatable bonds is 2. The number of amides is 1. The van der Waals surface area contributed by atoms with Crippen molar-refractivity contribution in [1.29, 1.82) is 0 Å². The van der Waals surface area contributed by atoms with Gasteiger partial charge in [0.2, 0.25) is 5.43 Å². The Bertz CT molecular complexity index is 1320. The van der Waals surface area contributed by atoms with Crippen LogP contribution in [0.15, 0.2) is 69.5 Å². The third-order valence-electron chi connectivity index (χ3n) is 6.61. The number of thioether (sulfide) groups is 1. The molecule has 2 aliphatic heterocycles. The minimum absolute atomic E-state index is 0.197. The number of alkyl halides is 4. The summed E-state index contributed by atoms with van der Waals surface area (Å²) in [4.78, 5) is 26.7. The number of benzene rings is 1. The molecule has 1 amide bonds. The van der Waals surface area contributed by atoms with Crippen molar-refractivity contribution < 1.29 is 27.5 Å². The number of carbonyl (C=O) groups excluding carboxylic acids is 1. The first-order valence-electron chi connectivity index (χ1n) is 10.9. The highest BCUT2D eigenvalue weighted by Crippen LogP contribution is 2.45. The zero-order chi connectivity index (χ0) is 25.1. The second kappa shape index (κ2) is 8.47. The van der Waals surface area contributed by atoms with Crippen molar-refractivity contribution in [1.82, 2.24) is 9.58 Å². The lowest BCUT2D eigenvalue weighted by Crippen LogP contribution is -2.60. The van der Waals surface area contributed by atoms with Crippen LogP contribution in [0.4, 0.5) is 17.6 Å². The molecular weight excluding hydrogens is 486 g/mol. The molecule has 11 heteroatoms. The molecule has 184 valence electrons. The van der Waals surface area contributed by atoms with Crippen LogP contribution in [0.25, 0.3) is 0 Å². The summed E-state index contributed by atoms with van der Waals surface area (Å²) in [5.41, 5.74) is 0.383. The number of fused-ring (bicyclic) bond motifs is 2. The van der Waals surface area contributed by atoms with E-state index >= 15 is 4.39 Å². The van der Waals surface area contributed by atoms with E-state index in [9.17, 15) is 27.9 Å². The van der Waals surface area contributed by atoms with Gasteiger partial charge >= 0.3 is 6.18 Å². The van der Waals surface area contributed by atoms with Crippen LogP contribution in [0.1, 0.15) is 35.4 Å². The van der Waals surface area contributed by atoms with Crippen molar-refractivity contribution in [2.24, 2.45) is 0 Å². The van der Waals surface area contributed by atoms with Gasteiger partial charge in [-0.2, -0.15) is 13.2 Å². The van der Waals surface area contributed by atoms with Crippen LogP contribution in [-0.4, -0.2) is 51.4 Å². The van der Waals surface area contributed by atoms with Crippen LogP contribution in [-0.2, 0) is 0 Å². The maximum Gasteiger partial charge on any atom is 0.408 e. The van der Waals surface area contributed by atoms with Crippen LogP contribution in [0.5, 0.6) is 5.75 Å². The number of nitrogens with zero attached hydrogens (tertiary/aromatic N) is 3. The molecule has 1 aliphatic carbocycles. The highest BCUT2D eigenvalue weighted by atomic mass is 32.2. The highest BCUT2D eigenvalue weighted by Gasteiger charge is 2.48. The molecule has 0 saturated carbocycles. The molecule has 35 heavy (non-hydrogen) atoms. The zero-order valence-corrected chi connectivity index (χ0v) is 19.3. The van der Waals surface area contributed by atoms with Crippen molar-refractivity contribution in [3.63, 3.8) is 0 Å². The number of halogens is 4. The first kappa shape index (κ1) is 23.5. The van der Waals surface area contributed by atoms with Gasteiger partial charge in [-0.15, -0.1) is 11.8 Å². The smallest absolute Gasteiger partial charge is 0.408 e. The molecule has 0 radical (unpaired) electrons. The molecule has 0 bridgehead atoms. The van der Waals surface area contributed by atoms with Crippen molar-refractivity contribution >= 4 is 17.7 Å². The second-order valence-corrected chi connectivity index (χ2v) is 9.63. The topological polar surface area (TPSA) is 65.8 Å². The molecule has 0 fully saturated rings. The summed E-state index contributed by atoms with van der Waals surface area (Å²) in [6, 6.07) is 5.36. The van der Waals surface area contributed by atoms with E-state index < -0.39 is 53.9 Å². The number of hydrogen-bond acceptors (Lipinski definition) is 5. The summed E-state index contributed by atoms with van der Waals surface area (Å²) in [7, 11) is 0. The summed E-state index contributed by atoms with van der Waals surface area (Å²) in [6.07, 6.45) is -1.09. The van der Waals surface area contributed by atoms with E-state index in [4.69, 9.17) is 0 Å². The Morgan fingerprint density at radius 2 is 1.91 bits per heavy atom. The Morgan fingerprint density at radius 3 is 2.66 bits per heavy atom. The summed E-state index contributed by atoms with van der Waals surface area (Å²) < 4.78 is 57.5. The minimum atomic E-state index is -4.75. The van der Waals surface area contributed by atoms with Gasteiger partial charge in [0.1, 0.15) is 18.9 Å². The molecule has 1 aromatic carbocycles.